The number of carbonyl (C=O) groups excluding carboxylic acids is 1. The van der Waals surface area contributed by atoms with Crippen LogP contribution in [0, 0.1) is 0 Å². The molecule has 0 aliphatic heterocycles. The Morgan fingerprint density at radius 2 is 2.00 bits per heavy atom. The average molecular weight is 334 g/mol. The Kier molecular flexibility index (Phi) is 5.70. The first kappa shape index (κ1) is 14.7. The van der Waals surface area contributed by atoms with Crippen molar-refractivity contribution in [1.29, 1.82) is 0 Å². The van der Waals surface area contributed by atoms with Gasteiger partial charge < -0.3 is 10.6 Å². The minimum atomic E-state index is 0.00493. The normalized spacial score (nSPS) is 10.2. The lowest BCUT2D eigenvalue weighted by Gasteiger charge is -2.07. The highest BCUT2D eigenvalue weighted by Gasteiger charge is 2.02. The molecular weight excluding hydrogens is 318 g/mol. The zero-order chi connectivity index (χ0) is 14.2. The number of amides is 1. The molecule has 0 saturated heterocycles. The fourth-order valence-electron chi connectivity index (χ4n) is 1.73. The third-order valence-electron chi connectivity index (χ3n) is 2.72. The van der Waals surface area contributed by atoms with Crippen molar-refractivity contribution in [3.8, 4) is 0 Å². The van der Waals surface area contributed by atoms with E-state index >= 15 is 0 Å². The highest BCUT2D eigenvalue weighted by molar-refractivity contribution is 9.10. The van der Waals surface area contributed by atoms with Crippen LogP contribution in [0.5, 0.6) is 0 Å². The Bertz CT molecular complexity index is 560. The number of rotatable bonds is 6. The maximum absolute atomic E-state index is 11.8. The zero-order valence-electron chi connectivity index (χ0n) is 11.0. The molecule has 0 spiro atoms. The van der Waals surface area contributed by atoms with Crippen LogP contribution in [0.2, 0.25) is 0 Å². The summed E-state index contributed by atoms with van der Waals surface area (Å²) in [6.07, 6.45) is 3.96. The predicted octanol–water partition coefficient (Wildman–Crippen LogP) is 2.96. The Morgan fingerprint density at radius 3 is 2.75 bits per heavy atom. The molecule has 1 aromatic heterocycles. The number of pyridine rings is 1. The van der Waals surface area contributed by atoms with Crippen molar-refractivity contribution in [2.75, 3.05) is 11.9 Å². The molecule has 1 amide bonds. The van der Waals surface area contributed by atoms with Gasteiger partial charge in [-0.3, -0.25) is 9.78 Å². The molecule has 0 aliphatic rings. The smallest absolute Gasteiger partial charge is 0.225 e. The first-order valence-electron chi connectivity index (χ1n) is 6.39. The van der Waals surface area contributed by atoms with Gasteiger partial charge in [-0.05, 0) is 35.9 Å². The van der Waals surface area contributed by atoms with Crippen molar-refractivity contribution in [3.05, 3.63) is 58.8 Å². The van der Waals surface area contributed by atoms with Crippen molar-refractivity contribution in [3.63, 3.8) is 0 Å². The highest BCUT2D eigenvalue weighted by Crippen LogP contribution is 2.15. The summed E-state index contributed by atoms with van der Waals surface area (Å²) in [4.78, 5) is 15.7. The molecule has 104 valence electrons. The molecule has 0 unspecified atom stereocenters. The molecule has 0 saturated carbocycles. The number of nitrogens with zero attached hydrogens (tertiary/aromatic N) is 1. The van der Waals surface area contributed by atoms with Crippen LogP contribution in [0.4, 0.5) is 5.69 Å². The van der Waals surface area contributed by atoms with Crippen LogP contribution in [0.3, 0.4) is 0 Å². The van der Waals surface area contributed by atoms with Crippen LogP contribution in [0.25, 0.3) is 0 Å². The van der Waals surface area contributed by atoms with Gasteiger partial charge in [0, 0.05) is 42.1 Å². The summed E-state index contributed by atoms with van der Waals surface area (Å²) in [7, 11) is 0. The molecule has 5 heteroatoms. The number of halogens is 1. The first-order chi connectivity index (χ1) is 9.74. The maximum Gasteiger partial charge on any atom is 0.225 e. The number of hydrogen-bond acceptors (Lipinski definition) is 3. The molecular formula is C15H16BrN3O. The van der Waals surface area contributed by atoms with E-state index in [1.807, 2.05) is 36.4 Å². The largest absolute Gasteiger partial charge is 0.326 e. The summed E-state index contributed by atoms with van der Waals surface area (Å²) in [6.45, 7) is 1.38. The van der Waals surface area contributed by atoms with Crippen molar-refractivity contribution in [1.82, 2.24) is 10.3 Å². The van der Waals surface area contributed by atoms with Crippen LogP contribution in [-0.4, -0.2) is 17.4 Å². The summed E-state index contributed by atoms with van der Waals surface area (Å²) in [5.41, 5.74) is 1.96. The SMILES string of the molecule is O=C(CCNCc1ccncc1)Nc1cccc(Br)c1. The Hall–Kier alpha value is -1.72. The first-order valence-corrected chi connectivity index (χ1v) is 7.18. The van der Waals surface area contributed by atoms with E-state index in [0.717, 1.165) is 22.3 Å². The van der Waals surface area contributed by atoms with Gasteiger partial charge in [0.2, 0.25) is 5.91 Å². The lowest BCUT2D eigenvalue weighted by atomic mass is 10.2. The second-order valence-corrected chi connectivity index (χ2v) is 5.26. The van der Waals surface area contributed by atoms with Crippen molar-refractivity contribution in [2.45, 2.75) is 13.0 Å². The number of hydrogen-bond donors (Lipinski definition) is 2. The topological polar surface area (TPSA) is 54.0 Å². The highest BCUT2D eigenvalue weighted by atomic mass is 79.9. The van der Waals surface area contributed by atoms with E-state index in [1.165, 1.54) is 0 Å². The molecule has 0 bridgehead atoms. The van der Waals surface area contributed by atoms with Gasteiger partial charge in [-0.25, -0.2) is 0 Å². The second-order valence-electron chi connectivity index (χ2n) is 4.34. The van der Waals surface area contributed by atoms with Gasteiger partial charge in [-0.2, -0.15) is 0 Å². The lowest BCUT2D eigenvalue weighted by molar-refractivity contribution is -0.116. The average Bonchev–Trinajstić information content (AvgIpc) is 2.45. The van der Waals surface area contributed by atoms with Gasteiger partial charge in [0.15, 0.2) is 0 Å². The Morgan fingerprint density at radius 1 is 1.20 bits per heavy atom. The van der Waals surface area contributed by atoms with Crippen molar-refractivity contribution in [2.24, 2.45) is 0 Å². The second kappa shape index (κ2) is 7.77. The van der Waals surface area contributed by atoms with Gasteiger partial charge in [0.1, 0.15) is 0 Å². The molecule has 4 nitrogen and oxygen atoms in total. The number of benzene rings is 1. The van der Waals surface area contributed by atoms with Gasteiger partial charge >= 0.3 is 0 Å². The standard InChI is InChI=1S/C15H16BrN3O/c16-13-2-1-3-14(10-13)19-15(20)6-9-18-11-12-4-7-17-8-5-12/h1-5,7-8,10,18H,6,9,11H2,(H,19,20). The number of carbonyl (C=O) groups is 1. The van der Waals surface area contributed by atoms with Gasteiger partial charge in [0.05, 0.1) is 0 Å². The molecule has 2 rings (SSSR count). The maximum atomic E-state index is 11.8. The summed E-state index contributed by atoms with van der Waals surface area (Å²) in [5.74, 6) is 0.00493. The molecule has 0 radical (unpaired) electrons. The van der Waals surface area contributed by atoms with Crippen LogP contribution >= 0.6 is 15.9 Å². The monoisotopic (exact) mass is 333 g/mol. The molecule has 0 atom stereocenters. The lowest BCUT2D eigenvalue weighted by Crippen LogP contribution is -2.21. The third kappa shape index (κ3) is 5.11. The minimum absolute atomic E-state index is 0.00493. The van der Waals surface area contributed by atoms with Crippen molar-refractivity contribution >= 4 is 27.5 Å². The van der Waals surface area contributed by atoms with E-state index < -0.39 is 0 Å². The summed E-state index contributed by atoms with van der Waals surface area (Å²) in [6, 6.07) is 11.5. The molecule has 0 fully saturated rings. The summed E-state index contributed by atoms with van der Waals surface area (Å²) >= 11 is 3.37. The Labute approximate surface area is 126 Å². The molecule has 20 heavy (non-hydrogen) atoms. The van der Waals surface area contributed by atoms with E-state index in [1.54, 1.807) is 12.4 Å². The Balaban J connectivity index is 1.68. The molecule has 1 heterocycles. The van der Waals surface area contributed by atoms with Gasteiger partial charge in [-0.1, -0.05) is 22.0 Å². The van der Waals surface area contributed by atoms with Crippen LogP contribution in [0.15, 0.2) is 53.3 Å². The fraction of sp³-hybridized carbons (Fsp3) is 0.200. The molecule has 2 N–H and O–H groups in total. The van der Waals surface area contributed by atoms with E-state index in [-0.39, 0.29) is 5.91 Å². The van der Waals surface area contributed by atoms with Crippen LogP contribution in [0.1, 0.15) is 12.0 Å². The third-order valence-corrected chi connectivity index (χ3v) is 3.21. The minimum Gasteiger partial charge on any atom is -0.326 e. The van der Waals surface area contributed by atoms with Crippen molar-refractivity contribution < 1.29 is 4.79 Å². The van der Waals surface area contributed by atoms with Crippen LogP contribution in [-0.2, 0) is 11.3 Å². The zero-order valence-corrected chi connectivity index (χ0v) is 12.6. The van der Waals surface area contributed by atoms with E-state index in [0.29, 0.717) is 13.0 Å². The van der Waals surface area contributed by atoms with E-state index in [9.17, 15) is 4.79 Å². The van der Waals surface area contributed by atoms with Gasteiger partial charge in [-0.15, -0.1) is 0 Å². The van der Waals surface area contributed by atoms with E-state index in [4.69, 9.17) is 0 Å². The summed E-state index contributed by atoms with van der Waals surface area (Å²) in [5, 5.41) is 6.09. The number of aromatic nitrogens is 1. The summed E-state index contributed by atoms with van der Waals surface area (Å²) < 4.78 is 0.950. The van der Waals surface area contributed by atoms with Crippen LogP contribution < -0.4 is 10.6 Å². The molecule has 2 aromatic rings. The van der Waals surface area contributed by atoms with Gasteiger partial charge in [0.25, 0.3) is 0 Å². The molecule has 0 aliphatic carbocycles. The fourth-order valence-corrected chi connectivity index (χ4v) is 2.12. The predicted molar refractivity (Wildman–Crippen MR) is 83.3 cm³/mol. The number of anilines is 1. The van der Waals surface area contributed by atoms with E-state index in [2.05, 4.69) is 31.5 Å². The molecule has 1 aromatic carbocycles. The quantitative estimate of drug-likeness (QED) is 0.799. The number of nitrogens with one attached hydrogen (secondary N) is 2.